The molecule has 0 unspecified atom stereocenters. The zero-order chi connectivity index (χ0) is 58.3. The minimum Gasteiger partial charge on any atom is -0.394 e. The van der Waals surface area contributed by atoms with Gasteiger partial charge in [-0.2, -0.15) is 5.10 Å². The third-order valence-electron chi connectivity index (χ3n) is 15.5. The number of β-amino-alcohol motifs (C(OH)–C–C–N with tert-alkyl or cyclic N) is 1. The van der Waals surface area contributed by atoms with Crippen molar-refractivity contribution in [1.29, 1.82) is 0 Å². The summed E-state index contributed by atoms with van der Waals surface area (Å²) >= 11 is 1.28. The van der Waals surface area contributed by atoms with Crippen molar-refractivity contribution >= 4 is 72.2 Å². The van der Waals surface area contributed by atoms with E-state index in [2.05, 4.69) is 41.9 Å². The second-order valence-electron chi connectivity index (χ2n) is 22.3. The summed E-state index contributed by atoms with van der Waals surface area (Å²) in [5.41, 5.74) is 5.03. The molecule has 1 saturated heterocycles. The van der Waals surface area contributed by atoms with Gasteiger partial charge in [0, 0.05) is 86.3 Å². The standard InChI is InChI=1S/C59H70N12O9S2/c1-6-37-17-19-40(20-18-37)47(35-72)63-54(76)48-30-41(73)33-70(48)57(78)52(59(3,4)5)66-50(74)23-26-60-27-29-82(79,80)68-55(77)51-42(44-31-62-71(36(44)2)32-38-12-8-7-9-13-38)21-22-49(65-51)69-28-24-39-14-10-15-43(45(39)34-69)53(75)67-58-64-46-16-11-25-61-56(46)81-58/h1,10-11,14-22,25,31,38,41,47-48,52,60,72-73H,7-9,12-13,23-24,26-30,32-35H2,2-5H3,(H,63,76)(H,66,74)(H,68,77)(H,64,67,75)/t41-,47+,48+,52-/m1/s1. The number of terminal acetylenes is 1. The van der Waals surface area contributed by atoms with Gasteiger partial charge in [-0.1, -0.05) is 81.6 Å². The average molecular weight is 1160 g/mol. The third kappa shape index (κ3) is 14.0. The molecule has 21 nitrogen and oxygen atoms in total. The van der Waals surface area contributed by atoms with E-state index in [0.29, 0.717) is 68.0 Å². The predicted octanol–water partition coefficient (Wildman–Crippen LogP) is 5.02. The Labute approximate surface area is 481 Å². The van der Waals surface area contributed by atoms with Gasteiger partial charge < -0.3 is 36.0 Å². The highest BCUT2D eigenvalue weighted by atomic mass is 32.2. The highest BCUT2D eigenvalue weighted by Crippen LogP contribution is 2.34. The zero-order valence-electron chi connectivity index (χ0n) is 46.5. The molecule has 7 N–H and O–H groups in total. The first-order valence-corrected chi connectivity index (χ1v) is 30.2. The molecule has 4 aromatic heterocycles. The summed E-state index contributed by atoms with van der Waals surface area (Å²) in [5.74, 6) is -0.0937. The summed E-state index contributed by atoms with van der Waals surface area (Å²) in [5, 5.41) is 37.4. The van der Waals surface area contributed by atoms with Crippen LogP contribution in [-0.2, 0) is 43.9 Å². The van der Waals surface area contributed by atoms with Crippen molar-refractivity contribution in [1.82, 2.24) is 50.3 Å². The maximum atomic E-state index is 14.4. The van der Waals surface area contributed by atoms with E-state index in [1.165, 1.54) is 35.5 Å². The number of benzene rings is 2. The van der Waals surface area contributed by atoms with Gasteiger partial charge in [-0.15, -0.1) is 6.42 Å². The molecule has 2 aliphatic heterocycles. The zero-order valence-corrected chi connectivity index (χ0v) is 48.1. The van der Waals surface area contributed by atoms with Crippen LogP contribution in [0.5, 0.6) is 0 Å². The first-order valence-electron chi connectivity index (χ1n) is 27.7. The Morgan fingerprint density at radius 2 is 1.71 bits per heavy atom. The Morgan fingerprint density at radius 1 is 0.927 bits per heavy atom. The number of carbonyl (C=O) groups excluding carboxylic acids is 5. The van der Waals surface area contributed by atoms with E-state index in [1.54, 1.807) is 81.7 Å². The van der Waals surface area contributed by atoms with E-state index in [1.807, 2.05) is 34.7 Å². The summed E-state index contributed by atoms with van der Waals surface area (Å²) < 4.78 is 31.6. The van der Waals surface area contributed by atoms with E-state index in [-0.39, 0.29) is 50.6 Å². The van der Waals surface area contributed by atoms with Crippen LogP contribution in [0.15, 0.2) is 79.1 Å². The lowest BCUT2D eigenvalue weighted by Crippen LogP contribution is -2.58. The molecule has 0 spiro atoms. The number of likely N-dealkylation sites (tertiary alicyclic amines) is 1. The van der Waals surface area contributed by atoms with Crippen LogP contribution in [0.3, 0.4) is 0 Å². The Kier molecular flexibility index (Phi) is 18.5. The monoisotopic (exact) mass is 1150 g/mol. The molecule has 9 rings (SSSR count). The number of sulfonamides is 1. The van der Waals surface area contributed by atoms with Crippen molar-refractivity contribution in [2.45, 2.75) is 116 Å². The van der Waals surface area contributed by atoms with Crippen LogP contribution in [0, 0.1) is 30.6 Å². The number of aromatic nitrogens is 5. The number of thiazole rings is 1. The second kappa shape index (κ2) is 25.7. The number of pyridine rings is 2. The number of rotatable bonds is 20. The molecule has 6 aromatic rings. The van der Waals surface area contributed by atoms with Gasteiger partial charge in [0.2, 0.25) is 27.7 Å². The molecule has 6 heterocycles. The molecule has 23 heteroatoms. The van der Waals surface area contributed by atoms with Crippen LogP contribution < -0.4 is 30.9 Å². The lowest BCUT2D eigenvalue weighted by molar-refractivity contribution is -0.144. The van der Waals surface area contributed by atoms with Crippen LogP contribution in [-0.4, -0.2) is 135 Å². The van der Waals surface area contributed by atoms with E-state index in [9.17, 15) is 42.6 Å². The molecule has 0 bridgehead atoms. The van der Waals surface area contributed by atoms with Gasteiger partial charge in [0.25, 0.3) is 11.8 Å². The van der Waals surface area contributed by atoms with Crippen molar-refractivity contribution in [3.8, 4) is 23.5 Å². The summed E-state index contributed by atoms with van der Waals surface area (Å²) in [4.78, 5) is 87.3. The van der Waals surface area contributed by atoms with Crippen LogP contribution in [0.4, 0.5) is 10.9 Å². The number of aliphatic hydroxyl groups is 2. The highest BCUT2D eigenvalue weighted by Gasteiger charge is 2.45. The van der Waals surface area contributed by atoms with E-state index >= 15 is 0 Å². The fraction of sp³-hybridized carbons (Fsp3) is 0.441. The van der Waals surface area contributed by atoms with Crippen molar-refractivity contribution in [3.05, 3.63) is 118 Å². The van der Waals surface area contributed by atoms with Gasteiger partial charge in [-0.05, 0) is 96.7 Å². The molecule has 3 aliphatic rings. The topological polar surface area (TPSA) is 283 Å². The van der Waals surface area contributed by atoms with Crippen molar-refractivity contribution in [3.63, 3.8) is 0 Å². The third-order valence-corrected chi connectivity index (χ3v) is 17.6. The van der Waals surface area contributed by atoms with Crippen molar-refractivity contribution in [2.24, 2.45) is 11.3 Å². The fourth-order valence-electron chi connectivity index (χ4n) is 10.9. The first-order chi connectivity index (χ1) is 39.3. The van der Waals surface area contributed by atoms with E-state index in [4.69, 9.17) is 16.5 Å². The van der Waals surface area contributed by atoms with Crippen LogP contribution >= 0.6 is 11.3 Å². The summed E-state index contributed by atoms with van der Waals surface area (Å²) in [7, 11) is -4.30. The molecule has 432 valence electrons. The molecule has 1 saturated carbocycles. The van der Waals surface area contributed by atoms with Crippen molar-refractivity contribution in [2.75, 3.05) is 48.8 Å². The van der Waals surface area contributed by atoms with Gasteiger partial charge in [-0.25, -0.2) is 28.1 Å². The molecular weight excluding hydrogens is 1080 g/mol. The molecule has 5 amide bonds. The van der Waals surface area contributed by atoms with Gasteiger partial charge >= 0.3 is 0 Å². The number of amides is 5. The summed E-state index contributed by atoms with van der Waals surface area (Å²) in [6.45, 7) is 7.99. The largest absolute Gasteiger partial charge is 0.394 e. The summed E-state index contributed by atoms with van der Waals surface area (Å²) in [6.07, 6.45) is 13.9. The minimum atomic E-state index is -4.30. The average Bonchev–Trinajstić information content (AvgIpc) is 4.13. The molecule has 2 aromatic carbocycles. The Hall–Kier alpha value is -7.62. The van der Waals surface area contributed by atoms with Gasteiger partial charge in [0.1, 0.15) is 33.9 Å². The lowest BCUT2D eigenvalue weighted by Gasteiger charge is -2.35. The molecule has 4 atom stereocenters. The number of hydrogen-bond donors (Lipinski definition) is 7. The number of anilines is 2. The van der Waals surface area contributed by atoms with Crippen LogP contribution in [0.25, 0.3) is 21.5 Å². The molecule has 1 aliphatic carbocycles. The maximum Gasteiger partial charge on any atom is 0.284 e. The summed E-state index contributed by atoms with van der Waals surface area (Å²) in [6, 6.07) is 16.5. The fourth-order valence-corrected chi connectivity index (χ4v) is 12.6. The maximum absolute atomic E-state index is 14.4. The number of nitrogens with zero attached hydrogens (tertiary/aromatic N) is 7. The van der Waals surface area contributed by atoms with Crippen LogP contribution in [0.2, 0.25) is 0 Å². The second-order valence-corrected chi connectivity index (χ2v) is 25.2. The molecular formula is C59H70N12O9S2. The predicted molar refractivity (Wildman–Crippen MR) is 312 cm³/mol. The smallest absolute Gasteiger partial charge is 0.284 e. The van der Waals surface area contributed by atoms with Gasteiger partial charge in [0.05, 0.1) is 30.7 Å². The molecule has 0 radical (unpaired) electrons. The van der Waals surface area contributed by atoms with E-state index in [0.717, 1.165) is 36.2 Å². The Balaban J connectivity index is 0.843. The number of nitrogens with one attached hydrogen (secondary N) is 5. The van der Waals surface area contributed by atoms with Crippen LogP contribution in [0.1, 0.15) is 121 Å². The van der Waals surface area contributed by atoms with Crippen molar-refractivity contribution < 1.29 is 42.6 Å². The number of carbonyl (C=O) groups is 5. The minimum absolute atomic E-state index is 0.0123. The Morgan fingerprint density at radius 3 is 2.44 bits per heavy atom. The first kappa shape index (κ1) is 59.0. The van der Waals surface area contributed by atoms with Gasteiger partial charge in [0.15, 0.2) is 5.13 Å². The normalized spacial score (nSPS) is 17.4. The number of aliphatic hydroxyl groups excluding tert-OH is 2. The molecule has 2 fully saturated rings. The Bertz CT molecular complexity index is 3460. The highest BCUT2D eigenvalue weighted by molar-refractivity contribution is 7.90. The quantitative estimate of drug-likeness (QED) is 0.0391. The number of hydrogen-bond acceptors (Lipinski definition) is 16. The van der Waals surface area contributed by atoms with Gasteiger partial charge in [-0.3, -0.25) is 34.0 Å². The SMILES string of the molecule is C#Cc1ccc([C@H](CO)NC(=O)[C@@H]2C[C@@H](O)CN2C(=O)[C@@H](NC(=O)CCNCCS(=O)(=O)NC(=O)c2nc(N3CCc4cccc(C(=O)Nc5nc6cccnc6s5)c4C3)ccc2-c2cnn(CC3CCCCC3)c2C)C(C)(C)C)cc1. The lowest BCUT2D eigenvalue weighted by atomic mass is 9.85. The van der Waals surface area contributed by atoms with E-state index < -0.39 is 75.7 Å². The molecule has 82 heavy (non-hydrogen) atoms. The number of fused-ring (bicyclic) bond motifs is 2.